The molecule has 1 N–H and O–H groups in total. The molecule has 7 heteroatoms. The summed E-state index contributed by atoms with van der Waals surface area (Å²) >= 11 is 0. The van der Waals surface area contributed by atoms with Crippen LogP contribution in [0, 0.1) is 12.8 Å². The minimum atomic E-state index is -2.82. The van der Waals surface area contributed by atoms with Crippen LogP contribution in [0.2, 0.25) is 0 Å². The summed E-state index contributed by atoms with van der Waals surface area (Å²) < 4.78 is 24.5. The Labute approximate surface area is 111 Å². The lowest BCUT2D eigenvalue weighted by molar-refractivity contribution is 0.595. The first-order valence-electron chi connectivity index (χ1n) is 6.30. The van der Waals surface area contributed by atoms with E-state index in [2.05, 4.69) is 15.4 Å². The molecule has 0 saturated carbocycles. The minimum Gasteiger partial charge on any atom is -0.353 e. The fourth-order valence-corrected chi connectivity index (χ4v) is 4.24. The number of aryl methyl sites for hydroxylation is 1. The first kappa shape index (κ1) is 12.4. The molecule has 3 rings (SSSR count). The average Bonchev–Trinajstić information content (AvgIpc) is 2.91. The molecule has 0 bridgehead atoms. The Kier molecular flexibility index (Phi) is 2.93. The number of sulfone groups is 1. The Morgan fingerprint density at radius 1 is 1.53 bits per heavy atom. The van der Waals surface area contributed by atoms with Gasteiger partial charge in [-0.2, -0.15) is 4.98 Å². The molecular formula is C12H16N4O2S. The van der Waals surface area contributed by atoms with Crippen LogP contribution < -0.4 is 5.32 Å². The average molecular weight is 280 g/mol. The number of nitrogens with zero attached hydrogens (tertiary/aromatic N) is 3. The zero-order valence-electron chi connectivity index (χ0n) is 10.7. The zero-order valence-corrected chi connectivity index (χ0v) is 11.5. The van der Waals surface area contributed by atoms with E-state index in [9.17, 15) is 8.42 Å². The number of hydrogen-bond acceptors (Lipinski definition) is 5. The van der Waals surface area contributed by atoms with E-state index in [1.807, 2.05) is 25.3 Å². The van der Waals surface area contributed by atoms with Crippen molar-refractivity contribution in [1.29, 1.82) is 0 Å². The van der Waals surface area contributed by atoms with Crippen LogP contribution in [0.5, 0.6) is 0 Å². The number of hydrogen-bond donors (Lipinski definition) is 1. The third kappa shape index (κ3) is 2.56. The van der Waals surface area contributed by atoms with Crippen molar-refractivity contribution in [3.05, 3.63) is 23.9 Å². The SMILES string of the molecule is Cc1cccn2nc(NCC3CCS(=O)(=O)C3)nc12. The molecule has 3 heterocycles. The second-order valence-corrected chi connectivity index (χ2v) is 7.27. The van der Waals surface area contributed by atoms with E-state index >= 15 is 0 Å². The van der Waals surface area contributed by atoms with Crippen molar-refractivity contribution < 1.29 is 8.42 Å². The van der Waals surface area contributed by atoms with E-state index in [1.54, 1.807) is 4.52 Å². The molecule has 1 saturated heterocycles. The van der Waals surface area contributed by atoms with Gasteiger partial charge in [0.1, 0.15) is 0 Å². The number of anilines is 1. The molecule has 2 aromatic heterocycles. The molecular weight excluding hydrogens is 264 g/mol. The highest BCUT2D eigenvalue weighted by molar-refractivity contribution is 7.91. The third-order valence-electron chi connectivity index (χ3n) is 3.43. The quantitative estimate of drug-likeness (QED) is 0.903. The molecule has 19 heavy (non-hydrogen) atoms. The zero-order chi connectivity index (χ0) is 13.5. The fourth-order valence-electron chi connectivity index (χ4n) is 2.38. The first-order valence-corrected chi connectivity index (χ1v) is 8.12. The van der Waals surface area contributed by atoms with Gasteiger partial charge in [-0.15, -0.1) is 5.10 Å². The summed E-state index contributed by atoms with van der Waals surface area (Å²) in [7, 11) is -2.82. The molecule has 0 spiro atoms. The summed E-state index contributed by atoms with van der Waals surface area (Å²) in [6, 6.07) is 3.90. The van der Waals surface area contributed by atoms with Crippen LogP contribution >= 0.6 is 0 Å². The monoisotopic (exact) mass is 280 g/mol. The van der Waals surface area contributed by atoms with Gasteiger partial charge in [0.15, 0.2) is 15.5 Å². The van der Waals surface area contributed by atoms with Gasteiger partial charge in [0.05, 0.1) is 11.5 Å². The number of fused-ring (bicyclic) bond motifs is 1. The van der Waals surface area contributed by atoms with Crippen LogP contribution in [0.4, 0.5) is 5.95 Å². The van der Waals surface area contributed by atoms with E-state index in [0.29, 0.717) is 18.2 Å². The van der Waals surface area contributed by atoms with Crippen LogP contribution in [0.1, 0.15) is 12.0 Å². The van der Waals surface area contributed by atoms with Gasteiger partial charge in [0.25, 0.3) is 0 Å². The molecule has 1 atom stereocenters. The minimum absolute atomic E-state index is 0.165. The predicted octanol–water partition coefficient (Wildman–Crippen LogP) is 0.884. The van der Waals surface area contributed by atoms with Gasteiger partial charge < -0.3 is 5.32 Å². The van der Waals surface area contributed by atoms with Crippen LogP contribution in [-0.2, 0) is 9.84 Å². The number of rotatable bonds is 3. The summed E-state index contributed by atoms with van der Waals surface area (Å²) in [5.74, 6) is 1.29. The first-order chi connectivity index (χ1) is 9.03. The van der Waals surface area contributed by atoms with E-state index in [0.717, 1.165) is 17.6 Å². The van der Waals surface area contributed by atoms with Crippen molar-refractivity contribution in [2.75, 3.05) is 23.4 Å². The molecule has 6 nitrogen and oxygen atoms in total. The molecule has 1 fully saturated rings. The van der Waals surface area contributed by atoms with Crippen molar-refractivity contribution in [2.24, 2.45) is 5.92 Å². The Morgan fingerprint density at radius 3 is 3.05 bits per heavy atom. The molecule has 0 radical (unpaired) electrons. The van der Waals surface area contributed by atoms with Crippen LogP contribution in [0.25, 0.3) is 5.65 Å². The Bertz CT molecular complexity index is 708. The molecule has 1 unspecified atom stereocenters. The normalized spacial score (nSPS) is 21.8. The summed E-state index contributed by atoms with van der Waals surface area (Å²) in [6.45, 7) is 2.59. The van der Waals surface area contributed by atoms with E-state index in [-0.39, 0.29) is 11.7 Å². The second-order valence-electron chi connectivity index (χ2n) is 5.04. The van der Waals surface area contributed by atoms with Crippen molar-refractivity contribution >= 4 is 21.4 Å². The Hall–Kier alpha value is -1.63. The van der Waals surface area contributed by atoms with E-state index in [4.69, 9.17) is 0 Å². The third-order valence-corrected chi connectivity index (χ3v) is 5.27. The van der Waals surface area contributed by atoms with Gasteiger partial charge in [-0.1, -0.05) is 6.07 Å². The number of nitrogens with one attached hydrogen (secondary N) is 1. The number of aromatic nitrogens is 3. The smallest absolute Gasteiger partial charge is 0.243 e. The van der Waals surface area contributed by atoms with Crippen molar-refractivity contribution in [3.8, 4) is 0 Å². The van der Waals surface area contributed by atoms with Crippen molar-refractivity contribution in [1.82, 2.24) is 14.6 Å². The Balaban J connectivity index is 1.71. The van der Waals surface area contributed by atoms with Gasteiger partial charge in [0.2, 0.25) is 5.95 Å². The van der Waals surface area contributed by atoms with Crippen LogP contribution in [0.3, 0.4) is 0 Å². The van der Waals surface area contributed by atoms with Gasteiger partial charge in [-0.25, -0.2) is 12.9 Å². The summed E-state index contributed by atoms with van der Waals surface area (Å²) in [5.41, 5.74) is 1.88. The van der Waals surface area contributed by atoms with E-state index in [1.165, 1.54) is 0 Å². The van der Waals surface area contributed by atoms with Crippen molar-refractivity contribution in [3.63, 3.8) is 0 Å². The standard InChI is InChI=1S/C12H16N4O2S/c1-9-3-2-5-16-11(9)14-12(15-16)13-7-10-4-6-19(17,18)8-10/h2-3,5,10H,4,6-8H2,1H3,(H,13,15). The maximum absolute atomic E-state index is 11.4. The molecule has 1 aliphatic heterocycles. The van der Waals surface area contributed by atoms with Gasteiger partial charge in [0, 0.05) is 12.7 Å². The Morgan fingerprint density at radius 2 is 2.37 bits per heavy atom. The lowest BCUT2D eigenvalue weighted by Gasteiger charge is -2.06. The highest BCUT2D eigenvalue weighted by atomic mass is 32.2. The number of pyridine rings is 1. The maximum atomic E-state index is 11.4. The lowest BCUT2D eigenvalue weighted by atomic mass is 10.1. The molecule has 0 aromatic carbocycles. The summed E-state index contributed by atoms with van der Waals surface area (Å²) in [4.78, 5) is 4.40. The maximum Gasteiger partial charge on any atom is 0.243 e. The molecule has 1 aliphatic rings. The lowest BCUT2D eigenvalue weighted by Crippen LogP contribution is -2.16. The fraction of sp³-hybridized carbons (Fsp3) is 0.500. The predicted molar refractivity (Wildman–Crippen MR) is 73.0 cm³/mol. The van der Waals surface area contributed by atoms with E-state index < -0.39 is 9.84 Å². The van der Waals surface area contributed by atoms with Gasteiger partial charge in [-0.3, -0.25) is 0 Å². The highest BCUT2D eigenvalue weighted by Gasteiger charge is 2.27. The summed E-state index contributed by atoms with van der Waals surface area (Å²) in [5, 5.41) is 7.45. The molecule has 0 amide bonds. The van der Waals surface area contributed by atoms with Crippen LogP contribution in [-0.4, -0.2) is 41.1 Å². The molecule has 0 aliphatic carbocycles. The van der Waals surface area contributed by atoms with Gasteiger partial charge >= 0.3 is 0 Å². The molecule has 2 aromatic rings. The largest absolute Gasteiger partial charge is 0.353 e. The van der Waals surface area contributed by atoms with Crippen molar-refractivity contribution in [2.45, 2.75) is 13.3 Å². The topological polar surface area (TPSA) is 76.4 Å². The highest BCUT2D eigenvalue weighted by Crippen LogP contribution is 2.19. The van der Waals surface area contributed by atoms with Gasteiger partial charge in [-0.05, 0) is 30.9 Å². The summed E-state index contributed by atoms with van der Waals surface area (Å²) in [6.07, 6.45) is 2.57. The van der Waals surface area contributed by atoms with Crippen LogP contribution in [0.15, 0.2) is 18.3 Å². The molecule has 102 valence electrons. The second kappa shape index (κ2) is 4.48.